The number of fused-ring (bicyclic) bond motifs is 1. The third-order valence-corrected chi connectivity index (χ3v) is 3.83. The van der Waals surface area contributed by atoms with Gasteiger partial charge in [-0.1, -0.05) is 23.7 Å². The Balaban J connectivity index is 1.67. The Morgan fingerprint density at radius 3 is 2.92 bits per heavy atom. The summed E-state index contributed by atoms with van der Waals surface area (Å²) in [5.41, 5.74) is 0.747. The molecule has 0 saturated carbocycles. The maximum absolute atomic E-state index is 12.5. The zero-order valence-corrected chi connectivity index (χ0v) is 14.1. The van der Waals surface area contributed by atoms with Gasteiger partial charge in [0.25, 0.3) is 5.91 Å². The fourth-order valence-corrected chi connectivity index (χ4v) is 2.57. The van der Waals surface area contributed by atoms with Crippen LogP contribution < -0.4 is 4.74 Å². The largest absolute Gasteiger partial charge is 0.481 e. The summed E-state index contributed by atoms with van der Waals surface area (Å²) in [6.07, 6.45) is 1.24. The molecule has 6 nitrogen and oxygen atoms in total. The number of hydrogen-bond acceptors (Lipinski definition) is 4. The Hall–Kier alpha value is -2.60. The molecular weight excluding hydrogens is 328 g/mol. The fourth-order valence-electron chi connectivity index (χ4n) is 2.39. The molecule has 0 unspecified atom stereocenters. The Kier molecular flexibility index (Phi) is 4.66. The molecule has 0 aliphatic heterocycles. The fraction of sp³-hybridized carbons (Fsp3) is 0.235. The molecule has 0 spiro atoms. The van der Waals surface area contributed by atoms with Crippen LogP contribution in [0.25, 0.3) is 5.65 Å². The van der Waals surface area contributed by atoms with E-state index in [4.69, 9.17) is 16.3 Å². The van der Waals surface area contributed by atoms with Crippen LogP contribution in [0.15, 0.2) is 48.7 Å². The van der Waals surface area contributed by atoms with E-state index in [2.05, 4.69) is 10.2 Å². The van der Waals surface area contributed by atoms with E-state index in [9.17, 15) is 4.79 Å². The normalized spacial score (nSPS) is 12.1. The van der Waals surface area contributed by atoms with Crippen molar-refractivity contribution in [2.45, 2.75) is 19.6 Å². The molecule has 7 heteroatoms. The Bertz CT molecular complexity index is 864. The van der Waals surface area contributed by atoms with E-state index >= 15 is 0 Å². The SMILES string of the molecule is C[C@H](Oc1cccc(Cl)c1)C(=O)N(C)Cc1nnc2ccccn12. The van der Waals surface area contributed by atoms with Crippen LogP contribution in [0, 0.1) is 0 Å². The zero-order chi connectivity index (χ0) is 17.1. The second-order valence-electron chi connectivity index (χ2n) is 5.46. The van der Waals surface area contributed by atoms with E-state index < -0.39 is 6.10 Å². The van der Waals surface area contributed by atoms with Crippen LogP contribution in [0.5, 0.6) is 5.75 Å². The van der Waals surface area contributed by atoms with Gasteiger partial charge in [-0.15, -0.1) is 10.2 Å². The minimum atomic E-state index is -0.632. The van der Waals surface area contributed by atoms with Crippen LogP contribution in [0.3, 0.4) is 0 Å². The lowest BCUT2D eigenvalue weighted by Gasteiger charge is -2.21. The molecule has 0 saturated heterocycles. The monoisotopic (exact) mass is 344 g/mol. The Labute approximate surface area is 144 Å². The molecule has 3 rings (SSSR count). The van der Waals surface area contributed by atoms with E-state index in [-0.39, 0.29) is 5.91 Å². The molecule has 0 aliphatic rings. The van der Waals surface area contributed by atoms with Crippen LogP contribution in [-0.2, 0) is 11.3 Å². The maximum atomic E-state index is 12.5. The molecule has 0 fully saturated rings. The Morgan fingerprint density at radius 1 is 1.29 bits per heavy atom. The minimum absolute atomic E-state index is 0.150. The van der Waals surface area contributed by atoms with Crippen molar-refractivity contribution in [1.82, 2.24) is 19.5 Å². The van der Waals surface area contributed by atoms with Crippen molar-refractivity contribution in [2.24, 2.45) is 0 Å². The summed E-state index contributed by atoms with van der Waals surface area (Å²) in [5.74, 6) is 1.10. The molecule has 1 atom stereocenters. The van der Waals surface area contributed by atoms with Crippen molar-refractivity contribution in [2.75, 3.05) is 7.05 Å². The molecule has 0 aliphatic carbocycles. The number of amides is 1. The second kappa shape index (κ2) is 6.88. The van der Waals surface area contributed by atoms with Gasteiger partial charge in [-0.3, -0.25) is 9.20 Å². The summed E-state index contributed by atoms with van der Waals surface area (Å²) in [6.45, 7) is 2.05. The lowest BCUT2D eigenvalue weighted by Crippen LogP contribution is -2.37. The van der Waals surface area contributed by atoms with Crippen LogP contribution >= 0.6 is 11.6 Å². The van der Waals surface area contributed by atoms with Gasteiger partial charge < -0.3 is 9.64 Å². The van der Waals surface area contributed by atoms with Gasteiger partial charge in [-0.25, -0.2) is 0 Å². The molecule has 3 aromatic rings. The number of rotatable bonds is 5. The summed E-state index contributed by atoms with van der Waals surface area (Å²) < 4.78 is 7.52. The summed E-state index contributed by atoms with van der Waals surface area (Å²) in [4.78, 5) is 14.1. The van der Waals surface area contributed by atoms with Gasteiger partial charge in [0.05, 0.1) is 6.54 Å². The highest BCUT2D eigenvalue weighted by molar-refractivity contribution is 6.30. The van der Waals surface area contributed by atoms with Gasteiger partial charge in [0.15, 0.2) is 17.6 Å². The molecule has 1 amide bonds. The van der Waals surface area contributed by atoms with Crippen molar-refractivity contribution in [3.63, 3.8) is 0 Å². The molecule has 0 bridgehead atoms. The number of pyridine rings is 1. The van der Waals surface area contributed by atoms with Crippen molar-refractivity contribution < 1.29 is 9.53 Å². The summed E-state index contributed by atoms with van der Waals surface area (Å²) in [5, 5.41) is 8.78. The van der Waals surface area contributed by atoms with Gasteiger partial charge in [-0.05, 0) is 37.3 Å². The van der Waals surface area contributed by atoms with Crippen molar-refractivity contribution in [3.05, 3.63) is 59.5 Å². The van der Waals surface area contributed by atoms with E-state index in [1.165, 1.54) is 0 Å². The van der Waals surface area contributed by atoms with Crippen LogP contribution in [0.2, 0.25) is 5.02 Å². The Morgan fingerprint density at radius 2 is 2.12 bits per heavy atom. The van der Waals surface area contributed by atoms with Gasteiger partial charge >= 0.3 is 0 Å². The quantitative estimate of drug-likeness (QED) is 0.714. The molecule has 2 aromatic heterocycles. The predicted octanol–water partition coefficient (Wildman–Crippen LogP) is 2.81. The number of carbonyl (C=O) groups excluding carboxylic acids is 1. The standard InChI is InChI=1S/C17H17ClN4O2/c1-12(24-14-7-5-6-13(18)10-14)17(23)21(2)11-16-20-19-15-8-3-4-9-22(15)16/h3-10,12H,11H2,1-2H3/t12-/m0/s1. The first-order valence-electron chi connectivity index (χ1n) is 7.50. The van der Waals surface area contributed by atoms with Crippen LogP contribution in [0.1, 0.15) is 12.7 Å². The molecule has 0 N–H and O–H groups in total. The third kappa shape index (κ3) is 3.49. The lowest BCUT2D eigenvalue weighted by atomic mass is 10.3. The van der Waals surface area contributed by atoms with E-state index in [0.29, 0.717) is 23.1 Å². The highest BCUT2D eigenvalue weighted by Gasteiger charge is 2.21. The number of aromatic nitrogens is 3. The number of hydrogen-bond donors (Lipinski definition) is 0. The molecular formula is C17H17ClN4O2. The molecule has 1 aromatic carbocycles. The molecule has 24 heavy (non-hydrogen) atoms. The first kappa shape index (κ1) is 16.3. The average molecular weight is 345 g/mol. The molecule has 124 valence electrons. The number of likely N-dealkylation sites (N-methyl/N-ethyl adjacent to an activating group) is 1. The number of ether oxygens (including phenoxy) is 1. The maximum Gasteiger partial charge on any atom is 0.263 e. The molecule has 2 heterocycles. The van der Waals surface area contributed by atoms with Crippen molar-refractivity contribution in [3.8, 4) is 5.75 Å². The van der Waals surface area contributed by atoms with E-state index in [1.807, 2.05) is 28.8 Å². The average Bonchev–Trinajstić information content (AvgIpc) is 2.97. The highest BCUT2D eigenvalue weighted by Crippen LogP contribution is 2.19. The van der Waals surface area contributed by atoms with Crippen LogP contribution in [0.4, 0.5) is 0 Å². The summed E-state index contributed by atoms with van der Waals surface area (Å²) in [6, 6.07) is 12.6. The van der Waals surface area contributed by atoms with Gasteiger partial charge in [0.1, 0.15) is 5.75 Å². The van der Waals surface area contributed by atoms with E-state index in [1.54, 1.807) is 43.1 Å². The summed E-state index contributed by atoms with van der Waals surface area (Å²) in [7, 11) is 1.71. The van der Waals surface area contributed by atoms with Crippen molar-refractivity contribution >= 4 is 23.2 Å². The third-order valence-electron chi connectivity index (χ3n) is 3.60. The molecule has 0 radical (unpaired) electrons. The van der Waals surface area contributed by atoms with Crippen LogP contribution in [-0.4, -0.2) is 38.6 Å². The summed E-state index contributed by atoms with van der Waals surface area (Å²) >= 11 is 5.93. The number of halogens is 1. The van der Waals surface area contributed by atoms with Crippen molar-refractivity contribution in [1.29, 1.82) is 0 Å². The smallest absolute Gasteiger partial charge is 0.263 e. The topological polar surface area (TPSA) is 59.7 Å². The van der Waals surface area contributed by atoms with Gasteiger partial charge in [0.2, 0.25) is 0 Å². The predicted molar refractivity (Wildman–Crippen MR) is 91.0 cm³/mol. The lowest BCUT2D eigenvalue weighted by molar-refractivity contribution is -0.137. The highest BCUT2D eigenvalue weighted by atomic mass is 35.5. The van der Waals surface area contributed by atoms with E-state index in [0.717, 1.165) is 5.65 Å². The first-order valence-corrected chi connectivity index (χ1v) is 7.88. The first-order chi connectivity index (χ1) is 11.5. The minimum Gasteiger partial charge on any atom is -0.481 e. The van der Waals surface area contributed by atoms with Gasteiger partial charge in [0, 0.05) is 18.3 Å². The second-order valence-corrected chi connectivity index (χ2v) is 5.89. The number of carbonyl (C=O) groups is 1. The van der Waals surface area contributed by atoms with Gasteiger partial charge in [-0.2, -0.15) is 0 Å². The number of benzene rings is 1. The zero-order valence-electron chi connectivity index (χ0n) is 13.4. The number of nitrogens with zero attached hydrogens (tertiary/aromatic N) is 4.